The van der Waals surface area contributed by atoms with Crippen molar-refractivity contribution in [3.05, 3.63) is 59.7 Å². The highest BCUT2D eigenvalue weighted by molar-refractivity contribution is 7.89. The Bertz CT molecular complexity index is 1040. The van der Waals surface area contributed by atoms with E-state index in [1.807, 2.05) is 44.0 Å². The van der Waals surface area contributed by atoms with Crippen molar-refractivity contribution in [3.63, 3.8) is 0 Å². The molecule has 2 atom stereocenters. The SMILES string of the molecule is CC1CN(S(=O)(=O)c2ccc(C(=O)N3CCN(C)c4ccccc4C3)cc2)CC(C)O1. The van der Waals surface area contributed by atoms with Crippen molar-refractivity contribution < 1.29 is 17.9 Å². The predicted octanol–water partition coefficient (Wildman–Crippen LogP) is 2.58. The number of amides is 1. The molecule has 2 aliphatic heterocycles. The molecule has 0 aliphatic carbocycles. The molecule has 0 N–H and O–H groups in total. The number of fused-ring (bicyclic) bond motifs is 1. The third kappa shape index (κ3) is 4.46. The largest absolute Gasteiger partial charge is 0.373 e. The molecule has 0 spiro atoms. The maximum Gasteiger partial charge on any atom is 0.254 e. The van der Waals surface area contributed by atoms with Gasteiger partial charge in [-0.3, -0.25) is 4.79 Å². The van der Waals surface area contributed by atoms with Gasteiger partial charge < -0.3 is 14.5 Å². The topological polar surface area (TPSA) is 70.2 Å². The zero-order chi connectivity index (χ0) is 22.2. The Kier molecular flexibility index (Phi) is 6.05. The number of hydrogen-bond acceptors (Lipinski definition) is 5. The summed E-state index contributed by atoms with van der Waals surface area (Å²) in [6, 6.07) is 14.4. The lowest BCUT2D eigenvalue weighted by Gasteiger charge is -2.34. The van der Waals surface area contributed by atoms with Crippen molar-refractivity contribution in [2.75, 3.05) is 38.1 Å². The highest BCUT2D eigenvalue weighted by Gasteiger charge is 2.32. The van der Waals surface area contributed by atoms with E-state index in [2.05, 4.69) is 11.0 Å². The third-order valence-corrected chi connectivity index (χ3v) is 7.73. The van der Waals surface area contributed by atoms with Crippen molar-refractivity contribution in [1.82, 2.24) is 9.21 Å². The minimum absolute atomic E-state index is 0.0948. The minimum atomic E-state index is -3.63. The molecule has 2 unspecified atom stereocenters. The Morgan fingerprint density at radius 3 is 2.29 bits per heavy atom. The second-order valence-electron chi connectivity index (χ2n) is 8.38. The molecule has 31 heavy (non-hydrogen) atoms. The summed E-state index contributed by atoms with van der Waals surface area (Å²) in [5.41, 5.74) is 2.73. The smallest absolute Gasteiger partial charge is 0.254 e. The van der Waals surface area contributed by atoms with E-state index in [-0.39, 0.29) is 23.0 Å². The fourth-order valence-corrected chi connectivity index (χ4v) is 5.88. The van der Waals surface area contributed by atoms with E-state index in [1.165, 1.54) is 16.4 Å². The first-order valence-corrected chi connectivity index (χ1v) is 12.0. The van der Waals surface area contributed by atoms with Gasteiger partial charge in [0.15, 0.2) is 0 Å². The normalized spacial score (nSPS) is 22.7. The van der Waals surface area contributed by atoms with Gasteiger partial charge in [0.25, 0.3) is 5.91 Å². The molecular formula is C23H29N3O4S. The van der Waals surface area contributed by atoms with Crippen molar-refractivity contribution >= 4 is 21.6 Å². The molecule has 4 rings (SSSR count). The lowest BCUT2D eigenvalue weighted by molar-refractivity contribution is -0.0440. The lowest BCUT2D eigenvalue weighted by Crippen LogP contribution is -2.48. The average molecular weight is 444 g/mol. The molecule has 1 fully saturated rings. The number of carbonyl (C=O) groups excluding carboxylic acids is 1. The first-order valence-electron chi connectivity index (χ1n) is 10.6. The number of carbonyl (C=O) groups is 1. The van der Waals surface area contributed by atoms with Gasteiger partial charge in [0.05, 0.1) is 17.1 Å². The molecule has 0 saturated carbocycles. The predicted molar refractivity (Wildman–Crippen MR) is 120 cm³/mol. The molecule has 2 aromatic carbocycles. The van der Waals surface area contributed by atoms with Crippen LogP contribution in [-0.4, -0.2) is 69.0 Å². The molecule has 1 saturated heterocycles. The number of hydrogen-bond donors (Lipinski definition) is 0. The van der Waals surface area contributed by atoms with Gasteiger partial charge >= 0.3 is 0 Å². The third-order valence-electron chi connectivity index (χ3n) is 5.88. The van der Waals surface area contributed by atoms with Gasteiger partial charge in [0, 0.05) is 51.0 Å². The van der Waals surface area contributed by atoms with Crippen LogP contribution >= 0.6 is 0 Å². The number of ether oxygens (including phenoxy) is 1. The number of rotatable bonds is 3. The van der Waals surface area contributed by atoms with Crippen LogP contribution in [-0.2, 0) is 21.3 Å². The monoisotopic (exact) mass is 443 g/mol. The van der Waals surface area contributed by atoms with Crippen LogP contribution < -0.4 is 4.90 Å². The van der Waals surface area contributed by atoms with E-state index in [0.29, 0.717) is 31.7 Å². The van der Waals surface area contributed by atoms with E-state index >= 15 is 0 Å². The van der Waals surface area contributed by atoms with Crippen molar-refractivity contribution in [2.45, 2.75) is 37.5 Å². The van der Waals surface area contributed by atoms with Crippen molar-refractivity contribution in [3.8, 4) is 0 Å². The van der Waals surface area contributed by atoms with Gasteiger partial charge in [-0.25, -0.2) is 8.42 Å². The Hall–Kier alpha value is -2.42. The van der Waals surface area contributed by atoms with Crippen molar-refractivity contribution in [1.29, 1.82) is 0 Å². The molecule has 0 bridgehead atoms. The Morgan fingerprint density at radius 1 is 0.968 bits per heavy atom. The van der Waals surface area contributed by atoms with Crippen LogP contribution in [0.2, 0.25) is 0 Å². The zero-order valence-electron chi connectivity index (χ0n) is 18.2. The summed E-state index contributed by atoms with van der Waals surface area (Å²) in [5, 5.41) is 0. The second-order valence-corrected chi connectivity index (χ2v) is 10.3. The maximum absolute atomic E-state index is 13.1. The lowest BCUT2D eigenvalue weighted by atomic mass is 10.1. The van der Waals surface area contributed by atoms with Gasteiger partial charge in [0.2, 0.25) is 10.0 Å². The number of sulfonamides is 1. The average Bonchev–Trinajstić information content (AvgIpc) is 2.92. The summed E-state index contributed by atoms with van der Waals surface area (Å²) in [5.74, 6) is -0.0948. The summed E-state index contributed by atoms with van der Waals surface area (Å²) in [7, 11) is -1.60. The van der Waals surface area contributed by atoms with Crippen LogP contribution in [0.25, 0.3) is 0 Å². The summed E-state index contributed by atoms with van der Waals surface area (Å²) < 4.78 is 33.2. The number of para-hydroxylation sites is 1. The van der Waals surface area contributed by atoms with Crippen LogP contribution in [0.1, 0.15) is 29.8 Å². The second kappa shape index (κ2) is 8.61. The molecule has 2 aliphatic rings. The van der Waals surface area contributed by atoms with Gasteiger partial charge in [-0.1, -0.05) is 18.2 Å². The molecule has 1 amide bonds. The Labute approximate surface area is 184 Å². The Balaban J connectivity index is 1.52. The highest BCUT2D eigenvalue weighted by atomic mass is 32.2. The standard InChI is InChI=1S/C23H29N3O4S/c1-17-14-26(15-18(2)30-17)31(28,29)21-10-8-19(9-11-21)23(27)25-13-12-24(3)22-7-5-4-6-20(22)16-25/h4-11,17-18H,12-16H2,1-3H3. The number of benzene rings is 2. The number of anilines is 1. The number of likely N-dealkylation sites (N-methyl/N-ethyl adjacent to an activating group) is 1. The van der Waals surface area contributed by atoms with Crippen molar-refractivity contribution in [2.24, 2.45) is 0 Å². The van der Waals surface area contributed by atoms with Gasteiger partial charge in [-0.05, 0) is 49.7 Å². The highest BCUT2D eigenvalue weighted by Crippen LogP contribution is 2.25. The van der Waals surface area contributed by atoms with Gasteiger partial charge in [0.1, 0.15) is 0 Å². The van der Waals surface area contributed by atoms with Crippen LogP contribution in [0.3, 0.4) is 0 Å². The molecular weight excluding hydrogens is 414 g/mol. The Morgan fingerprint density at radius 2 is 1.61 bits per heavy atom. The van der Waals surface area contributed by atoms with E-state index in [1.54, 1.807) is 12.1 Å². The molecule has 0 radical (unpaired) electrons. The number of morpholine rings is 1. The fraction of sp³-hybridized carbons (Fsp3) is 0.435. The minimum Gasteiger partial charge on any atom is -0.373 e. The van der Waals surface area contributed by atoms with Crippen LogP contribution in [0.4, 0.5) is 5.69 Å². The summed E-state index contributed by atoms with van der Waals surface area (Å²) in [6.45, 7) is 6.27. The first kappa shape index (κ1) is 21.8. The molecule has 7 nitrogen and oxygen atoms in total. The van der Waals surface area contributed by atoms with E-state index in [9.17, 15) is 13.2 Å². The quantitative estimate of drug-likeness (QED) is 0.729. The molecule has 2 heterocycles. The van der Waals surface area contributed by atoms with Gasteiger partial charge in [-0.2, -0.15) is 4.31 Å². The molecule has 166 valence electrons. The summed E-state index contributed by atoms with van der Waals surface area (Å²) >= 11 is 0. The molecule has 0 aromatic heterocycles. The van der Waals surface area contributed by atoms with Crippen LogP contribution in [0, 0.1) is 0 Å². The molecule has 2 aromatic rings. The van der Waals surface area contributed by atoms with E-state index in [4.69, 9.17) is 4.74 Å². The summed E-state index contributed by atoms with van der Waals surface area (Å²) in [4.78, 5) is 17.3. The molecule has 8 heteroatoms. The fourth-order valence-electron chi connectivity index (χ4n) is 4.29. The van der Waals surface area contributed by atoms with E-state index in [0.717, 1.165) is 17.8 Å². The van der Waals surface area contributed by atoms with Gasteiger partial charge in [-0.15, -0.1) is 0 Å². The zero-order valence-corrected chi connectivity index (χ0v) is 19.0. The van der Waals surface area contributed by atoms with Crippen LogP contribution in [0.15, 0.2) is 53.4 Å². The maximum atomic E-state index is 13.1. The van der Waals surface area contributed by atoms with E-state index < -0.39 is 10.0 Å². The first-order chi connectivity index (χ1) is 14.8. The van der Waals surface area contributed by atoms with Crippen LogP contribution in [0.5, 0.6) is 0 Å². The number of nitrogens with zero attached hydrogens (tertiary/aromatic N) is 3. The summed E-state index contributed by atoms with van der Waals surface area (Å²) in [6.07, 6.45) is -0.299.